The lowest BCUT2D eigenvalue weighted by Crippen LogP contribution is -2.34. The number of carbonyl (C=O) groups excluding carboxylic acids is 2. The first-order chi connectivity index (χ1) is 6.06. The zero-order chi connectivity index (χ0) is 10.0. The van der Waals surface area contributed by atoms with Crippen LogP contribution in [-0.4, -0.2) is 59.4 Å². The summed E-state index contributed by atoms with van der Waals surface area (Å²) in [7, 11) is 1.20. The number of hydrogen-bond donors (Lipinski definition) is 2. The van der Waals surface area contributed by atoms with Crippen molar-refractivity contribution in [1.82, 2.24) is 4.90 Å². The quantitative estimate of drug-likeness (QED) is 0.478. The van der Waals surface area contributed by atoms with Crippen LogP contribution in [0, 0.1) is 0 Å². The van der Waals surface area contributed by atoms with Crippen molar-refractivity contribution in [2.75, 3.05) is 20.2 Å². The highest BCUT2D eigenvalue weighted by Crippen LogP contribution is 2.11. The second kappa shape index (κ2) is 3.71. The molecular formula is C7H11NO5. The van der Waals surface area contributed by atoms with Crippen LogP contribution in [0.15, 0.2) is 0 Å². The van der Waals surface area contributed by atoms with Gasteiger partial charge in [-0.2, -0.15) is 0 Å². The van der Waals surface area contributed by atoms with Gasteiger partial charge >= 0.3 is 5.97 Å². The number of amides is 1. The third-order valence-corrected chi connectivity index (χ3v) is 1.88. The molecule has 6 heteroatoms. The Morgan fingerprint density at radius 2 is 2.31 bits per heavy atom. The fraction of sp³-hybridized carbons (Fsp3) is 0.714. The number of rotatable bonds is 2. The van der Waals surface area contributed by atoms with Gasteiger partial charge in [-0.05, 0) is 0 Å². The van der Waals surface area contributed by atoms with Crippen LogP contribution in [0.2, 0.25) is 0 Å². The summed E-state index contributed by atoms with van der Waals surface area (Å²) in [5.41, 5.74) is 0. The van der Waals surface area contributed by atoms with Crippen molar-refractivity contribution >= 4 is 11.9 Å². The summed E-state index contributed by atoms with van der Waals surface area (Å²) < 4.78 is 4.33. The van der Waals surface area contributed by atoms with Gasteiger partial charge in [0, 0.05) is 0 Å². The fourth-order valence-electron chi connectivity index (χ4n) is 1.13. The van der Waals surface area contributed by atoms with Gasteiger partial charge in [0.15, 0.2) is 6.10 Å². The lowest BCUT2D eigenvalue weighted by molar-refractivity contribution is -0.147. The van der Waals surface area contributed by atoms with E-state index in [9.17, 15) is 9.59 Å². The molecule has 1 fully saturated rings. The van der Waals surface area contributed by atoms with Crippen LogP contribution >= 0.6 is 0 Å². The van der Waals surface area contributed by atoms with Crippen molar-refractivity contribution in [1.29, 1.82) is 0 Å². The molecule has 1 aliphatic rings. The van der Waals surface area contributed by atoms with Crippen molar-refractivity contribution in [3.8, 4) is 0 Å². The van der Waals surface area contributed by atoms with E-state index in [1.165, 1.54) is 7.11 Å². The highest BCUT2D eigenvalue weighted by Gasteiger charge is 2.38. The number of aliphatic hydroxyl groups is 2. The van der Waals surface area contributed by atoms with Crippen molar-refractivity contribution in [3.63, 3.8) is 0 Å². The molecule has 2 N–H and O–H groups in total. The van der Waals surface area contributed by atoms with Gasteiger partial charge in [-0.1, -0.05) is 0 Å². The van der Waals surface area contributed by atoms with Crippen molar-refractivity contribution < 1.29 is 24.5 Å². The second-order valence-electron chi connectivity index (χ2n) is 2.81. The van der Waals surface area contributed by atoms with E-state index >= 15 is 0 Å². The van der Waals surface area contributed by atoms with E-state index in [2.05, 4.69) is 4.74 Å². The van der Waals surface area contributed by atoms with Crippen molar-refractivity contribution in [2.45, 2.75) is 12.2 Å². The lowest BCUT2D eigenvalue weighted by atomic mass is 10.3. The molecule has 1 aliphatic heterocycles. The van der Waals surface area contributed by atoms with Crippen LogP contribution in [0.3, 0.4) is 0 Å². The molecule has 1 saturated heterocycles. The number of hydrogen-bond acceptors (Lipinski definition) is 5. The van der Waals surface area contributed by atoms with Crippen molar-refractivity contribution in [3.05, 3.63) is 0 Å². The molecule has 6 nitrogen and oxygen atoms in total. The minimum absolute atomic E-state index is 0.0326. The number of β-amino-alcohol motifs (C(OH)–C–C–N with tert-alkyl or cyclic N) is 1. The molecule has 0 radical (unpaired) electrons. The van der Waals surface area contributed by atoms with Gasteiger partial charge in [0.1, 0.15) is 12.6 Å². The van der Waals surface area contributed by atoms with Gasteiger partial charge in [0.2, 0.25) is 0 Å². The number of carbonyl (C=O) groups is 2. The Morgan fingerprint density at radius 3 is 2.69 bits per heavy atom. The molecule has 74 valence electrons. The highest BCUT2D eigenvalue weighted by atomic mass is 16.5. The minimum Gasteiger partial charge on any atom is -0.468 e. The van der Waals surface area contributed by atoms with Crippen LogP contribution in [0.25, 0.3) is 0 Å². The maximum Gasteiger partial charge on any atom is 0.325 e. The zero-order valence-electron chi connectivity index (χ0n) is 7.14. The summed E-state index contributed by atoms with van der Waals surface area (Å²) in [6.07, 6.45) is -2.53. The van der Waals surface area contributed by atoms with Gasteiger partial charge in [-0.15, -0.1) is 0 Å². The van der Waals surface area contributed by atoms with E-state index in [1.54, 1.807) is 0 Å². The van der Waals surface area contributed by atoms with Gasteiger partial charge in [0.25, 0.3) is 5.91 Å². The molecule has 0 aromatic rings. The summed E-state index contributed by atoms with van der Waals surface area (Å²) in [6, 6.07) is 0. The zero-order valence-corrected chi connectivity index (χ0v) is 7.14. The van der Waals surface area contributed by atoms with E-state index in [4.69, 9.17) is 10.2 Å². The summed E-state index contributed by atoms with van der Waals surface area (Å²) in [6.45, 7) is -0.265. The third kappa shape index (κ3) is 1.96. The normalized spacial score (nSPS) is 27.9. The van der Waals surface area contributed by atoms with Gasteiger partial charge in [-0.25, -0.2) is 0 Å². The van der Waals surface area contributed by atoms with Crippen LogP contribution < -0.4 is 0 Å². The Hall–Kier alpha value is -1.14. The summed E-state index contributed by atoms with van der Waals surface area (Å²) >= 11 is 0. The van der Waals surface area contributed by atoms with Gasteiger partial charge in [0.05, 0.1) is 13.7 Å². The molecular weight excluding hydrogens is 178 g/mol. The molecule has 0 spiro atoms. The Morgan fingerprint density at radius 1 is 1.69 bits per heavy atom. The Balaban J connectivity index is 2.54. The predicted molar refractivity (Wildman–Crippen MR) is 40.6 cm³/mol. The number of ether oxygens (including phenoxy) is 1. The molecule has 0 unspecified atom stereocenters. The van der Waals surface area contributed by atoms with E-state index in [1.807, 2.05) is 0 Å². The van der Waals surface area contributed by atoms with E-state index in [0.29, 0.717) is 0 Å². The minimum atomic E-state index is -1.41. The van der Waals surface area contributed by atoms with Crippen LogP contribution in [0.1, 0.15) is 0 Å². The van der Waals surface area contributed by atoms with E-state index < -0.39 is 24.1 Å². The average molecular weight is 189 g/mol. The smallest absolute Gasteiger partial charge is 0.325 e. The van der Waals surface area contributed by atoms with Gasteiger partial charge in [-0.3, -0.25) is 9.59 Å². The highest BCUT2D eigenvalue weighted by molar-refractivity contribution is 5.87. The Bertz CT molecular complexity index is 229. The van der Waals surface area contributed by atoms with E-state index in [-0.39, 0.29) is 13.1 Å². The maximum absolute atomic E-state index is 11.1. The Kier molecular flexibility index (Phi) is 2.84. The average Bonchev–Trinajstić information content (AvgIpc) is 2.34. The largest absolute Gasteiger partial charge is 0.468 e. The molecule has 0 aromatic heterocycles. The molecule has 0 bridgehead atoms. The number of nitrogens with zero attached hydrogens (tertiary/aromatic N) is 1. The van der Waals surface area contributed by atoms with E-state index in [0.717, 1.165) is 4.90 Å². The molecule has 1 amide bonds. The predicted octanol–water partition coefficient (Wildman–Crippen LogP) is -2.28. The molecule has 1 rings (SSSR count). The summed E-state index contributed by atoms with van der Waals surface area (Å²) in [5, 5.41) is 18.1. The summed E-state index contributed by atoms with van der Waals surface area (Å²) in [5.74, 6) is -1.22. The Labute approximate surface area is 74.7 Å². The maximum atomic E-state index is 11.1. The monoisotopic (exact) mass is 189 g/mol. The number of methoxy groups -OCH3 is 1. The third-order valence-electron chi connectivity index (χ3n) is 1.88. The first kappa shape index (κ1) is 9.94. The first-order valence-corrected chi connectivity index (χ1v) is 3.78. The van der Waals surface area contributed by atoms with Crippen molar-refractivity contribution in [2.24, 2.45) is 0 Å². The first-order valence-electron chi connectivity index (χ1n) is 3.78. The van der Waals surface area contributed by atoms with Crippen LogP contribution in [-0.2, 0) is 14.3 Å². The van der Waals surface area contributed by atoms with Crippen LogP contribution in [0.5, 0.6) is 0 Å². The number of esters is 1. The molecule has 2 atom stereocenters. The summed E-state index contributed by atoms with van der Waals surface area (Å²) in [4.78, 5) is 22.9. The molecule has 1 heterocycles. The topological polar surface area (TPSA) is 87.1 Å². The molecule has 0 aromatic carbocycles. The molecule has 13 heavy (non-hydrogen) atoms. The lowest BCUT2D eigenvalue weighted by Gasteiger charge is -2.12. The van der Waals surface area contributed by atoms with Gasteiger partial charge < -0.3 is 19.8 Å². The molecule has 0 saturated carbocycles. The van der Waals surface area contributed by atoms with Crippen LogP contribution in [0.4, 0.5) is 0 Å². The number of likely N-dealkylation sites (tertiary alicyclic amines) is 1. The number of aliphatic hydroxyl groups excluding tert-OH is 2. The standard InChI is InChI=1S/C7H11NO5/c1-13-5(10)3-8-2-4(9)6(11)7(8)12/h4,6,9,11H,2-3H2,1H3/t4-,6+/m0/s1. The molecule has 0 aliphatic carbocycles. The SMILES string of the molecule is COC(=O)CN1C[C@H](O)[C@@H](O)C1=O. The second-order valence-corrected chi connectivity index (χ2v) is 2.81. The fourth-order valence-corrected chi connectivity index (χ4v) is 1.13.